The van der Waals surface area contributed by atoms with Gasteiger partial charge in [-0.1, -0.05) is 5.92 Å². The van der Waals surface area contributed by atoms with Gasteiger partial charge in [0.15, 0.2) is 0 Å². The van der Waals surface area contributed by atoms with Crippen LogP contribution >= 0.6 is 0 Å². The predicted octanol–water partition coefficient (Wildman–Crippen LogP) is 0.337. The Bertz CT molecular complexity index is 482. The van der Waals surface area contributed by atoms with E-state index < -0.39 is 0 Å². The van der Waals surface area contributed by atoms with Gasteiger partial charge >= 0.3 is 0 Å². The Kier molecular flexibility index (Phi) is 2.46. The second-order valence-electron chi connectivity index (χ2n) is 3.70. The molecule has 4 heteroatoms. The van der Waals surface area contributed by atoms with Gasteiger partial charge in [-0.05, 0) is 25.7 Å². The maximum absolute atomic E-state index is 12.0. The minimum absolute atomic E-state index is 0.0600. The molecule has 0 aliphatic heterocycles. The average Bonchev–Trinajstić information content (AvgIpc) is 2.24. The van der Waals surface area contributed by atoms with Gasteiger partial charge in [-0.25, -0.2) is 4.98 Å². The van der Waals surface area contributed by atoms with Crippen LogP contribution in [0.4, 0.5) is 5.95 Å². The molecule has 0 bridgehead atoms. The fourth-order valence-corrected chi connectivity index (χ4v) is 1.95. The number of nitrogen functional groups attached to an aromatic ring is 1. The number of aromatic nitrogens is 2. The molecule has 0 aromatic carbocycles. The van der Waals surface area contributed by atoms with Gasteiger partial charge in [0, 0.05) is 5.56 Å². The summed E-state index contributed by atoms with van der Waals surface area (Å²) in [5, 5.41) is 0. The van der Waals surface area contributed by atoms with Crippen LogP contribution in [-0.4, -0.2) is 9.55 Å². The van der Waals surface area contributed by atoms with Gasteiger partial charge in [0.05, 0.1) is 12.2 Å². The molecule has 15 heavy (non-hydrogen) atoms. The van der Waals surface area contributed by atoms with E-state index in [4.69, 9.17) is 12.2 Å². The lowest BCUT2D eigenvalue weighted by molar-refractivity contribution is 0.635. The first-order valence-electron chi connectivity index (χ1n) is 5.05. The molecule has 0 unspecified atom stereocenters. The Morgan fingerprint density at radius 3 is 2.93 bits per heavy atom. The van der Waals surface area contributed by atoms with E-state index >= 15 is 0 Å². The van der Waals surface area contributed by atoms with E-state index in [0.717, 1.165) is 36.9 Å². The SMILES string of the molecule is C#CCn1c(N)nc2c(c1=O)CCCC2. The van der Waals surface area contributed by atoms with Crippen LogP contribution in [0.15, 0.2) is 4.79 Å². The predicted molar refractivity (Wildman–Crippen MR) is 58.4 cm³/mol. The lowest BCUT2D eigenvalue weighted by Gasteiger charge is -2.16. The van der Waals surface area contributed by atoms with Crippen molar-refractivity contribution >= 4 is 5.95 Å². The maximum atomic E-state index is 12.0. The van der Waals surface area contributed by atoms with Crippen LogP contribution in [0.5, 0.6) is 0 Å². The number of hydrogen-bond donors (Lipinski definition) is 1. The van der Waals surface area contributed by atoms with Crippen molar-refractivity contribution in [2.75, 3.05) is 5.73 Å². The van der Waals surface area contributed by atoms with Crippen molar-refractivity contribution in [2.45, 2.75) is 32.2 Å². The molecule has 0 spiro atoms. The molecule has 0 amide bonds. The molecule has 78 valence electrons. The van der Waals surface area contributed by atoms with Crippen LogP contribution in [0.2, 0.25) is 0 Å². The Hall–Kier alpha value is -1.76. The number of nitrogens with two attached hydrogens (primary N) is 1. The zero-order valence-electron chi connectivity index (χ0n) is 8.49. The van der Waals surface area contributed by atoms with Gasteiger partial charge in [0.2, 0.25) is 5.95 Å². The Labute approximate surface area is 88.1 Å². The summed E-state index contributed by atoms with van der Waals surface area (Å²) in [5.74, 6) is 2.65. The number of rotatable bonds is 1. The van der Waals surface area contributed by atoms with E-state index in [1.54, 1.807) is 0 Å². The third-order valence-electron chi connectivity index (χ3n) is 2.72. The van der Waals surface area contributed by atoms with E-state index in [9.17, 15) is 4.79 Å². The zero-order valence-corrected chi connectivity index (χ0v) is 8.49. The second kappa shape index (κ2) is 3.77. The Morgan fingerprint density at radius 1 is 1.47 bits per heavy atom. The molecule has 1 aromatic heterocycles. The maximum Gasteiger partial charge on any atom is 0.259 e. The third-order valence-corrected chi connectivity index (χ3v) is 2.72. The second-order valence-corrected chi connectivity index (χ2v) is 3.70. The smallest absolute Gasteiger partial charge is 0.259 e. The molecule has 4 nitrogen and oxygen atoms in total. The van der Waals surface area contributed by atoms with Crippen molar-refractivity contribution in [3.63, 3.8) is 0 Å². The summed E-state index contributed by atoms with van der Waals surface area (Å²) < 4.78 is 1.37. The topological polar surface area (TPSA) is 60.9 Å². The van der Waals surface area contributed by atoms with E-state index in [1.165, 1.54) is 4.57 Å². The first-order chi connectivity index (χ1) is 7.24. The summed E-state index contributed by atoms with van der Waals surface area (Å²) in [7, 11) is 0. The molecule has 0 fully saturated rings. The summed E-state index contributed by atoms with van der Waals surface area (Å²) in [6.07, 6.45) is 8.96. The molecule has 0 radical (unpaired) electrons. The highest BCUT2D eigenvalue weighted by Crippen LogP contribution is 2.16. The first kappa shape index (κ1) is 9.78. The van der Waals surface area contributed by atoms with Gasteiger partial charge in [-0.15, -0.1) is 6.42 Å². The summed E-state index contributed by atoms with van der Waals surface area (Å²) in [4.78, 5) is 16.2. The minimum Gasteiger partial charge on any atom is -0.369 e. The highest BCUT2D eigenvalue weighted by molar-refractivity contribution is 5.29. The largest absolute Gasteiger partial charge is 0.369 e. The summed E-state index contributed by atoms with van der Waals surface area (Å²) in [5.41, 5.74) is 7.28. The van der Waals surface area contributed by atoms with Gasteiger partial charge in [-0.3, -0.25) is 9.36 Å². The fraction of sp³-hybridized carbons (Fsp3) is 0.455. The quantitative estimate of drug-likeness (QED) is 0.669. The Morgan fingerprint density at radius 2 is 2.20 bits per heavy atom. The van der Waals surface area contributed by atoms with Crippen LogP contribution in [0, 0.1) is 12.3 Å². The third kappa shape index (κ3) is 1.61. The molecular formula is C11H13N3O. The van der Waals surface area contributed by atoms with E-state index in [-0.39, 0.29) is 18.1 Å². The Balaban J connectivity index is 2.60. The molecule has 2 rings (SSSR count). The number of nitrogens with zero attached hydrogens (tertiary/aromatic N) is 2. The van der Waals surface area contributed by atoms with Crippen molar-refractivity contribution in [2.24, 2.45) is 0 Å². The highest BCUT2D eigenvalue weighted by atomic mass is 16.1. The number of terminal acetylenes is 1. The number of anilines is 1. The van der Waals surface area contributed by atoms with E-state index in [1.807, 2.05) is 0 Å². The van der Waals surface area contributed by atoms with Crippen molar-refractivity contribution in [1.29, 1.82) is 0 Å². The van der Waals surface area contributed by atoms with Gasteiger partial charge < -0.3 is 5.73 Å². The van der Waals surface area contributed by atoms with Gasteiger partial charge in [-0.2, -0.15) is 0 Å². The molecule has 1 heterocycles. The molecule has 0 atom stereocenters. The van der Waals surface area contributed by atoms with Crippen LogP contribution < -0.4 is 11.3 Å². The number of aryl methyl sites for hydroxylation is 1. The summed E-state index contributed by atoms with van der Waals surface area (Å²) >= 11 is 0. The highest BCUT2D eigenvalue weighted by Gasteiger charge is 2.17. The first-order valence-corrected chi connectivity index (χ1v) is 5.05. The van der Waals surface area contributed by atoms with Crippen molar-refractivity contribution in [1.82, 2.24) is 9.55 Å². The monoisotopic (exact) mass is 203 g/mol. The number of hydrogen-bond acceptors (Lipinski definition) is 3. The van der Waals surface area contributed by atoms with Crippen molar-refractivity contribution in [3.8, 4) is 12.3 Å². The van der Waals surface area contributed by atoms with Crippen molar-refractivity contribution in [3.05, 3.63) is 21.6 Å². The van der Waals surface area contributed by atoms with E-state index in [0.29, 0.717) is 0 Å². The van der Waals surface area contributed by atoms with Gasteiger partial charge in [0.1, 0.15) is 0 Å². The van der Waals surface area contributed by atoms with Gasteiger partial charge in [0.25, 0.3) is 5.56 Å². The standard InChI is InChI=1S/C11H13N3O/c1-2-7-14-10(15)8-5-3-4-6-9(8)13-11(14)12/h1H,3-7H2,(H2,12,13). The molecule has 2 N–H and O–H groups in total. The lowest BCUT2D eigenvalue weighted by atomic mass is 9.97. The molecule has 1 aliphatic carbocycles. The molecule has 0 saturated carbocycles. The van der Waals surface area contributed by atoms with Crippen LogP contribution in [0.25, 0.3) is 0 Å². The average molecular weight is 203 g/mol. The molecule has 1 aromatic rings. The normalized spacial score (nSPS) is 14.3. The van der Waals surface area contributed by atoms with Crippen molar-refractivity contribution < 1.29 is 0 Å². The fourth-order valence-electron chi connectivity index (χ4n) is 1.95. The van der Waals surface area contributed by atoms with Crippen LogP contribution in [-0.2, 0) is 19.4 Å². The molecular weight excluding hydrogens is 190 g/mol. The number of fused-ring (bicyclic) bond motifs is 1. The lowest BCUT2D eigenvalue weighted by Crippen LogP contribution is -2.30. The molecule has 0 saturated heterocycles. The van der Waals surface area contributed by atoms with Crippen LogP contribution in [0.3, 0.4) is 0 Å². The summed E-state index contributed by atoms with van der Waals surface area (Å²) in [6, 6.07) is 0. The summed E-state index contributed by atoms with van der Waals surface area (Å²) in [6.45, 7) is 0.199. The zero-order chi connectivity index (χ0) is 10.8. The minimum atomic E-state index is -0.0600. The van der Waals surface area contributed by atoms with Crippen LogP contribution in [0.1, 0.15) is 24.1 Å². The molecule has 1 aliphatic rings. The van der Waals surface area contributed by atoms with E-state index in [2.05, 4.69) is 10.9 Å².